The van der Waals surface area contributed by atoms with E-state index in [0.717, 1.165) is 33.4 Å². The predicted octanol–water partition coefficient (Wildman–Crippen LogP) is 5.32. The number of halogens is 1. The first-order chi connectivity index (χ1) is 11.8. The van der Waals surface area contributed by atoms with Crippen molar-refractivity contribution in [2.45, 2.75) is 6.17 Å². The number of anilines is 2. The lowest BCUT2D eigenvalue weighted by Gasteiger charge is -2.26. The average Bonchev–Trinajstić information content (AvgIpc) is 2.64. The smallest absolute Gasteiger partial charge is 0.147 e. The van der Waals surface area contributed by atoms with Crippen LogP contribution in [0.2, 0.25) is 5.02 Å². The molecule has 0 spiro atoms. The molecule has 3 nitrogen and oxygen atoms in total. The van der Waals surface area contributed by atoms with E-state index >= 15 is 0 Å². The first-order valence-electron chi connectivity index (χ1n) is 7.81. The zero-order valence-corrected chi connectivity index (χ0v) is 13.7. The molecule has 0 aromatic heterocycles. The molecule has 118 valence electrons. The molecule has 0 bridgehead atoms. The van der Waals surface area contributed by atoms with Crippen LogP contribution < -0.4 is 10.6 Å². The molecular formula is C20H16ClN3. The summed E-state index contributed by atoms with van der Waals surface area (Å²) < 4.78 is 0. The molecule has 0 saturated heterocycles. The van der Waals surface area contributed by atoms with E-state index in [1.807, 2.05) is 54.6 Å². The topological polar surface area (TPSA) is 36.4 Å². The van der Waals surface area contributed by atoms with Crippen LogP contribution in [0.25, 0.3) is 0 Å². The van der Waals surface area contributed by atoms with E-state index in [1.54, 1.807) is 0 Å². The van der Waals surface area contributed by atoms with Gasteiger partial charge in [0.2, 0.25) is 0 Å². The van der Waals surface area contributed by atoms with Crippen LogP contribution in [-0.2, 0) is 0 Å². The minimum atomic E-state index is -0.115. The van der Waals surface area contributed by atoms with Gasteiger partial charge in [0.1, 0.15) is 12.0 Å². The molecular weight excluding hydrogens is 318 g/mol. The number of nitrogens with zero attached hydrogens (tertiary/aromatic N) is 1. The Morgan fingerprint density at radius 3 is 2.33 bits per heavy atom. The van der Waals surface area contributed by atoms with Gasteiger partial charge in [-0.25, -0.2) is 4.99 Å². The summed E-state index contributed by atoms with van der Waals surface area (Å²) in [5, 5.41) is 7.62. The van der Waals surface area contributed by atoms with Crippen LogP contribution in [0.5, 0.6) is 0 Å². The lowest BCUT2D eigenvalue weighted by Crippen LogP contribution is -2.24. The minimum Gasteiger partial charge on any atom is -0.359 e. The maximum atomic E-state index is 5.97. The molecule has 4 heteroatoms. The van der Waals surface area contributed by atoms with E-state index in [2.05, 4.69) is 34.9 Å². The Bertz CT molecular complexity index is 873. The average molecular weight is 334 g/mol. The molecule has 1 atom stereocenters. The molecule has 1 heterocycles. The molecule has 2 N–H and O–H groups in total. The highest BCUT2D eigenvalue weighted by Gasteiger charge is 2.21. The molecule has 1 aliphatic heterocycles. The number of nitrogens with one attached hydrogen (secondary N) is 2. The van der Waals surface area contributed by atoms with Crippen molar-refractivity contribution in [1.82, 2.24) is 0 Å². The Kier molecular flexibility index (Phi) is 3.93. The van der Waals surface area contributed by atoms with Gasteiger partial charge in [0, 0.05) is 22.0 Å². The molecule has 0 radical (unpaired) electrons. The van der Waals surface area contributed by atoms with Gasteiger partial charge in [0.05, 0.1) is 0 Å². The summed E-state index contributed by atoms with van der Waals surface area (Å²) in [6.45, 7) is 0. The Balaban J connectivity index is 1.72. The van der Waals surface area contributed by atoms with Crippen molar-refractivity contribution in [3.63, 3.8) is 0 Å². The third-order valence-electron chi connectivity index (χ3n) is 3.95. The van der Waals surface area contributed by atoms with Crippen molar-refractivity contribution < 1.29 is 0 Å². The number of rotatable bonds is 2. The molecule has 24 heavy (non-hydrogen) atoms. The molecule has 3 aromatic carbocycles. The monoisotopic (exact) mass is 333 g/mol. The van der Waals surface area contributed by atoms with Gasteiger partial charge in [-0.2, -0.15) is 0 Å². The molecule has 0 aliphatic carbocycles. The summed E-state index contributed by atoms with van der Waals surface area (Å²) in [4.78, 5) is 4.87. The van der Waals surface area contributed by atoms with E-state index in [-0.39, 0.29) is 6.17 Å². The summed E-state index contributed by atoms with van der Waals surface area (Å²) in [5.74, 6) is 0.848. The second-order valence-electron chi connectivity index (χ2n) is 5.61. The lowest BCUT2D eigenvalue weighted by molar-refractivity contribution is 0.827. The number of hydrogen-bond acceptors (Lipinski definition) is 3. The SMILES string of the molecule is Clc1ccc(NC2=NC(c3ccccc3)Nc3ccccc32)cc1. The number of benzene rings is 3. The number of aliphatic imine (C=N–C) groups is 1. The van der Waals surface area contributed by atoms with E-state index < -0.39 is 0 Å². The predicted molar refractivity (Wildman–Crippen MR) is 101 cm³/mol. The minimum absolute atomic E-state index is 0.115. The van der Waals surface area contributed by atoms with Gasteiger partial charge < -0.3 is 10.6 Å². The highest BCUT2D eigenvalue weighted by Crippen LogP contribution is 2.30. The van der Waals surface area contributed by atoms with Crippen molar-refractivity contribution in [1.29, 1.82) is 0 Å². The maximum absolute atomic E-state index is 5.97. The van der Waals surface area contributed by atoms with Crippen LogP contribution in [0.3, 0.4) is 0 Å². The van der Waals surface area contributed by atoms with Crippen molar-refractivity contribution in [3.8, 4) is 0 Å². The van der Waals surface area contributed by atoms with Crippen LogP contribution in [0.4, 0.5) is 11.4 Å². The summed E-state index contributed by atoms with van der Waals surface area (Å²) in [6, 6.07) is 26.0. The van der Waals surface area contributed by atoms with E-state index in [1.165, 1.54) is 0 Å². The van der Waals surface area contributed by atoms with Gasteiger partial charge in [-0.15, -0.1) is 0 Å². The van der Waals surface area contributed by atoms with Crippen LogP contribution in [0.1, 0.15) is 17.3 Å². The van der Waals surface area contributed by atoms with Crippen LogP contribution in [-0.4, -0.2) is 5.84 Å². The second kappa shape index (κ2) is 6.38. The molecule has 1 unspecified atom stereocenters. The van der Waals surface area contributed by atoms with Gasteiger partial charge in [0.25, 0.3) is 0 Å². The van der Waals surface area contributed by atoms with Crippen molar-refractivity contribution in [3.05, 3.63) is 95.0 Å². The largest absolute Gasteiger partial charge is 0.359 e. The van der Waals surface area contributed by atoms with E-state index in [4.69, 9.17) is 16.6 Å². The van der Waals surface area contributed by atoms with E-state index in [9.17, 15) is 0 Å². The maximum Gasteiger partial charge on any atom is 0.147 e. The summed E-state index contributed by atoms with van der Waals surface area (Å²) in [7, 11) is 0. The zero-order valence-electron chi connectivity index (χ0n) is 12.9. The summed E-state index contributed by atoms with van der Waals surface area (Å²) in [5.41, 5.74) is 4.21. The van der Waals surface area contributed by atoms with Gasteiger partial charge in [-0.05, 0) is 42.0 Å². The van der Waals surface area contributed by atoms with Gasteiger partial charge in [0.15, 0.2) is 0 Å². The molecule has 4 rings (SSSR count). The molecule has 0 saturated carbocycles. The summed E-state index contributed by atoms with van der Waals surface area (Å²) >= 11 is 5.97. The second-order valence-corrected chi connectivity index (χ2v) is 6.05. The number of hydrogen-bond donors (Lipinski definition) is 2. The van der Waals surface area contributed by atoms with Crippen molar-refractivity contribution in [2.24, 2.45) is 4.99 Å². The Morgan fingerprint density at radius 1 is 0.833 bits per heavy atom. The molecule has 1 aliphatic rings. The first-order valence-corrected chi connectivity index (χ1v) is 8.19. The fourth-order valence-corrected chi connectivity index (χ4v) is 2.88. The highest BCUT2D eigenvalue weighted by molar-refractivity contribution is 6.30. The number of amidine groups is 1. The molecule has 0 amide bonds. The number of para-hydroxylation sites is 1. The highest BCUT2D eigenvalue weighted by atomic mass is 35.5. The Hall–Kier alpha value is -2.78. The summed E-state index contributed by atoms with van der Waals surface area (Å²) in [6.07, 6.45) is -0.115. The first kappa shape index (κ1) is 14.8. The quantitative estimate of drug-likeness (QED) is 0.665. The van der Waals surface area contributed by atoms with E-state index in [0.29, 0.717) is 0 Å². The third kappa shape index (κ3) is 2.99. The van der Waals surface area contributed by atoms with Gasteiger partial charge in [-0.3, -0.25) is 0 Å². The Morgan fingerprint density at radius 2 is 1.54 bits per heavy atom. The van der Waals surface area contributed by atoms with Crippen LogP contribution >= 0.6 is 11.6 Å². The fraction of sp³-hybridized carbons (Fsp3) is 0.0500. The standard InChI is InChI=1S/C20H16ClN3/c21-15-10-12-16(13-11-15)22-20-17-8-4-5-9-18(17)23-19(24-20)14-6-2-1-3-7-14/h1-13,19,23H,(H,22,24). The molecule has 3 aromatic rings. The Labute approximate surface area is 146 Å². The fourth-order valence-electron chi connectivity index (χ4n) is 2.76. The third-order valence-corrected chi connectivity index (χ3v) is 4.21. The van der Waals surface area contributed by atoms with Crippen LogP contribution in [0.15, 0.2) is 83.9 Å². The lowest BCUT2D eigenvalue weighted by atomic mass is 10.1. The van der Waals surface area contributed by atoms with Crippen LogP contribution in [0, 0.1) is 0 Å². The number of fused-ring (bicyclic) bond motifs is 1. The van der Waals surface area contributed by atoms with Crippen molar-refractivity contribution >= 4 is 28.8 Å². The zero-order chi connectivity index (χ0) is 16.4. The van der Waals surface area contributed by atoms with Crippen molar-refractivity contribution in [2.75, 3.05) is 10.6 Å². The van der Waals surface area contributed by atoms with Gasteiger partial charge in [-0.1, -0.05) is 54.1 Å². The normalized spacial score (nSPS) is 15.9. The van der Waals surface area contributed by atoms with Gasteiger partial charge >= 0.3 is 0 Å². The molecule has 0 fully saturated rings.